The predicted octanol–water partition coefficient (Wildman–Crippen LogP) is 3.46. The minimum Gasteiger partial charge on any atom is -0.385 e. The molecule has 0 fully saturated rings. The van der Waals surface area contributed by atoms with Gasteiger partial charge in [0.05, 0.1) is 23.3 Å². The quantitative estimate of drug-likeness (QED) is 0.920. The number of anilines is 1. The lowest BCUT2D eigenvalue weighted by Gasteiger charge is -2.19. The Morgan fingerprint density at radius 1 is 1.38 bits per heavy atom. The summed E-state index contributed by atoms with van der Waals surface area (Å²) in [5.74, 6) is 0.0300. The van der Waals surface area contributed by atoms with Crippen molar-refractivity contribution in [3.8, 4) is 0 Å². The van der Waals surface area contributed by atoms with Crippen LogP contribution in [0.2, 0.25) is 0 Å². The van der Waals surface area contributed by atoms with Gasteiger partial charge in [0.2, 0.25) is 0 Å². The molecule has 1 N–H and O–H groups in total. The minimum absolute atomic E-state index is 0.0300. The van der Waals surface area contributed by atoms with Gasteiger partial charge < -0.3 is 10.2 Å². The van der Waals surface area contributed by atoms with Gasteiger partial charge in [0.1, 0.15) is 0 Å². The molecule has 5 heteroatoms. The molecule has 0 aliphatic carbocycles. The van der Waals surface area contributed by atoms with Crippen molar-refractivity contribution >= 4 is 22.9 Å². The molecule has 0 atom stereocenters. The monoisotopic (exact) mass is 303 g/mol. The van der Waals surface area contributed by atoms with E-state index in [2.05, 4.69) is 10.3 Å². The van der Waals surface area contributed by atoms with Crippen LogP contribution in [0.25, 0.3) is 0 Å². The number of hydrogen-bond donors (Lipinski definition) is 1. The van der Waals surface area contributed by atoms with Crippen LogP contribution in [0.5, 0.6) is 0 Å². The van der Waals surface area contributed by atoms with E-state index in [1.54, 1.807) is 16.2 Å². The third kappa shape index (κ3) is 3.61. The molecule has 0 saturated carbocycles. The first-order valence-corrected chi connectivity index (χ1v) is 7.89. The van der Waals surface area contributed by atoms with E-state index in [9.17, 15) is 4.79 Å². The largest absolute Gasteiger partial charge is 0.385 e. The highest BCUT2D eigenvalue weighted by molar-refractivity contribution is 7.09. The van der Waals surface area contributed by atoms with Crippen LogP contribution in [0, 0.1) is 13.8 Å². The van der Waals surface area contributed by atoms with Crippen molar-refractivity contribution in [2.45, 2.75) is 27.3 Å². The molecule has 0 unspecified atom stereocenters. The van der Waals surface area contributed by atoms with Crippen LogP contribution < -0.4 is 5.32 Å². The average Bonchev–Trinajstić information content (AvgIpc) is 2.85. The third-order valence-electron chi connectivity index (χ3n) is 3.35. The zero-order valence-electron chi connectivity index (χ0n) is 12.9. The summed E-state index contributed by atoms with van der Waals surface area (Å²) >= 11 is 1.59. The summed E-state index contributed by atoms with van der Waals surface area (Å²) in [6.45, 7) is 7.38. The fourth-order valence-electron chi connectivity index (χ4n) is 2.15. The Balaban J connectivity index is 2.22. The second kappa shape index (κ2) is 6.72. The SMILES string of the molecule is CCNc1ccc(C)cc1C(=O)N(C)Cc1scnc1C. The molecule has 0 saturated heterocycles. The number of rotatable bonds is 5. The van der Waals surface area contributed by atoms with Gasteiger partial charge in [-0.3, -0.25) is 4.79 Å². The molecule has 1 aromatic heterocycles. The van der Waals surface area contributed by atoms with E-state index in [1.807, 2.05) is 51.5 Å². The molecule has 4 nitrogen and oxygen atoms in total. The number of aromatic nitrogens is 1. The molecule has 0 radical (unpaired) electrons. The third-order valence-corrected chi connectivity index (χ3v) is 4.26. The molecular formula is C16H21N3OS. The van der Waals surface area contributed by atoms with Crippen molar-refractivity contribution < 1.29 is 4.79 Å². The van der Waals surface area contributed by atoms with Gasteiger partial charge in [0, 0.05) is 24.2 Å². The van der Waals surface area contributed by atoms with Crippen molar-refractivity contribution in [2.75, 3.05) is 18.9 Å². The van der Waals surface area contributed by atoms with Gasteiger partial charge in [-0.1, -0.05) is 11.6 Å². The molecular weight excluding hydrogens is 282 g/mol. The first-order chi connectivity index (χ1) is 10.0. The molecule has 0 aliphatic heterocycles. The summed E-state index contributed by atoms with van der Waals surface area (Å²) in [7, 11) is 1.83. The van der Waals surface area contributed by atoms with E-state index in [0.29, 0.717) is 6.54 Å². The molecule has 0 aliphatic rings. The smallest absolute Gasteiger partial charge is 0.256 e. The average molecular weight is 303 g/mol. The van der Waals surface area contributed by atoms with Crippen molar-refractivity contribution in [3.05, 3.63) is 45.4 Å². The fourth-order valence-corrected chi connectivity index (χ4v) is 2.98. The van der Waals surface area contributed by atoms with Crippen LogP contribution in [0.15, 0.2) is 23.7 Å². The molecule has 1 amide bonds. The predicted molar refractivity (Wildman–Crippen MR) is 88.0 cm³/mol. The molecule has 0 bridgehead atoms. The fraction of sp³-hybridized carbons (Fsp3) is 0.375. The van der Waals surface area contributed by atoms with Gasteiger partial charge in [0.15, 0.2) is 0 Å². The first kappa shape index (κ1) is 15.5. The maximum atomic E-state index is 12.7. The van der Waals surface area contributed by atoms with Gasteiger partial charge >= 0.3 is 0 Å². The van der Waals surface area contributed by atoms with Crippen LogP contribution in [0.4, 0.5) is 5.69 Å². The Bertz CT molecular complexity index is 636. The van der Waals surface area contributed by atoms with Crippen LogP contribution in [-0.4, -0.2) is 29.4 Å². The number of thiazole rings is 1. The summed E-state index contributed by atoms with van der Waals surface area (Å²) in [6.07, 6.45) is 0. The van der Waals surface area contributed by atoms with Crippen molar-refractivity contribution in [1.29, 1.82) is 0 Å². The number of aryl methyl sites for hydroxylation is 2. The maximum Gasteiger partial charge on any atom is 0.256 e. The number of hydrogen-bond acceptors (Lipinski definition) is 4. The highest BCUT2D eigenvalue weighted by atomic mass is 32.1. The lowest BCUT2D eigenvalue weighted by molar-refractivity contribution is 0.0787. The van der Waals surface area contributed by atoms with Crippen molar-refractivity contribution in [3.63, 3.8) is 0 Å². The highest BCUT2D eigenvalue weighted by Crippen LogP contribution is 2.21. The summed E-state index contributed by atoms with van der Waals surface area (Å²) in [5, 5.41) is 3.25. The Kier molecular flexibility index (Phi) is 4.96. The van der Waals surface area contributed by atoms with Crippen LogP contribution >= 0.6 is 11.3 Å². The number of nitrogens with one attached hydrogen (secondary N) is 1. The van der Waals surface area contributed by atoms with Gasteiger partial charge in [0.25, 0.3) is 5.91 Å². The van der Waals surface area contributed by atoms with Gasteiger partial charge in [-0.15, -0.1) is 11.3 Å². The molecule has 0 spiro atoms. The zero-order valence-corrected chi connectivity index (χ0v) is 13.8. The standard InChI is InChI=1S/C16H21N3OS/c1-5-17-14-7-6-11(2)8-13(14)16(20)19(4)9-15-12(3)18-10-21-15/h6-8,10,17H,5,9H2,1-4H3. The summed E-state index contributed by atoms with van der Waals surface area (Å²) < 4.78 is 0. The highest BCUT2D eigenvalue weighted by Gasteiger charge is 2.17. The summed E-state index contributed by atoms with van der Waals surface area (Å²) in [6, 6.07) is 5.93. The molecule has 2 rings (SSSR count). The summed E-state index contributed by atoms with van der Waals surface area (Å²) in [4.78, 5) is 19.8. The van der Waals surface area contributed by atoms with E-state index in [1.165, 1.54) is 0 Å². The van der Waals surface area contributed by atoms with Gasteiger partial charge in [-0.25, -0.2) is 4.98 Å². The van der Waals surface area contributed by atoms with Crippen molar-refractivity contribution in [1.82, 2.24) is 9.88 Å². The molecule has 1 heterocycles. The Morgan fingerprint density at radius 2 is 2.14 bits per heavy atom. The Labute approximate surface area is 129 Å². The van der Waals surface area contributed by atoms with E-state index < -0.39 is 0 Å². The van der Waals surface area contributed by atoms with Gasteiger partial charge in [-0.05, 0) is 32.9 Å². The number of carbonyl (C=O) groups is 1. The maximum absolute atomic E-state index is 12.7. The zero-order chi connectivity index (χ0) is 15.4. The molecule has 1 aromatic carbocycles. The first-order valence-electron chi connectivity index (χ1n) is 7.02. The topological polar surface area (TPSA) is 45.2 Å². The van der Waals surface area contributed by atoms with E-state index in [4.69, 9.17) is 0 Å². The number of benzene rings is 1. The van der Waals surface area contributed by atoms with E-state index in [-0.39, 0.29) is 5.91 Å². The lowest BCUT2D eigenvalue weighted by Crippen LogP contribution is -2.27. The molecule has 2 aromatic rings. The number of carbonyl (C=O) groups excluding carboxylic acids is 1. The van der Waals surface area contributed by atoms with E-state index in [0.717, 1.165) is 33.9 Å². The van der Waals surface area contributed by atoms with Crippen molar-refractivity contribution in [2.24, 2.45) is 0 Å². The summed E-state index contributed by atoms with van der Waals surface area (Å²) in [5.41, 5.74) is 5.51. The Morgan fingerprint density at radius 3 is 2.76 bits per heavy atom. The number of amides is 1. The second-order valence-corrected chi connectivity index (χ2v) is 6.04. The van der Waals surface area contributed by atoms with Crippen LogP contribution in [-0.2, 0) is 6.54 Å². The minimum atomic E-state index is 0.0300. The molecule has 112 valence electrons. The van der Waals surface area contributed by atoms with Gasteiger partial charge in [-0.2, -0.15) is 0 Å². The normalized spacial score (nSPS) is 10.5. The van der Waals surface area contributed by atoms with Crippen LogP contribution in [0.3, 0.4) is 0 Å². The lowest BCUT2D eigenvalue weighted by atomic mass is 10.1. The van der Waals surface area contributed by atoms with Crippen LogP contribution in [0.1, 0.15) is 33.4 Å². The van der Waals surface area contributed by atoms with E-state index >= 15 is 0 Å². The second-order valence-electron chi connectivity index (χ2n) is 5.10. The number of nitrogens with zero attached hydrogens (tertiary/aromatic N) is 2. The molecule has 21 heavy (non-hydrogen) atoms. The Hall–Kier alpha value is -1.88.